The monoisotopic (exact) mass is 217 g/mol. The number of imidazole rings is 1. The summed E-state index contributed by atoms with van der Waals surface area (Å²) in [6, 6.07) is 5.75. The molecule has 0 saturated heterocycles. The molecule has 1 aromatic carbocycles. The number of aromatic amines is 2. The van der Waals surface area contributed by atoms with Gasteiger partial charge >= 0.3 is 5.69 Å². The highest BCUT2D eigenvalue weighted by molar-refractivity contribution is 7.13. The fourth-order valence-corrected chi connectivity index (χ4v) is 2.17. The van der Waals surface area contributed by atoms with E-state index in [1.165, 1.54) is 0 Å². The minimum Gasteiger partial charge on any atom is -0.306 e. The summed E-state index contributed by atoms with van der Waals surface area (Å²) in [6.07, 6.45) is 1.77. The zero-order valence-electron chi connectivity index (χ0n) is 7.65. The standard InChI is InChI=1S/C10H7N3OS/c14-10-12-7-2-1-6(5-8(7)13-10)9-11-3-4-15-9/h1-5H,(H2,12,13,14). The average molecular weight is 217 g/mol. The van der Waals surface area contributed by atoms with Gasteiger partial charge in [0.05, 0.1) is 11.0 Å². The van der Waals surface area contributed by atoms with Gasteiger partial charge in [0.1, 0.15) is 5.01 Å². The Morgan fingerprint density at radius 3 is 2.87 bits per heavy atom. The molecule has 0 aliphatic heterocycles. The molecule has 3 aromatic rings. The molecule has 0 atom stereocenters. The lowest BCUT2D eigenvalue weighted by Gasteiger charge is -1.95. The Morgan fingerprint density at radius 2 is 2.07 bits per heavy atom. The van der Waals surface area contributed by atoms with E-state index in [9.17, 15) is 4.79 Å². The number of benzene rings is 1. The van der Waals surface area contributed by atoms with Crippen LogP contribution in [0.25, 0.3) is 21.6 Å². The van der Waals surface area contributed by atoms with Crippen LogP contribution < -0.4 is 5.69 Å². The number of nitrogens with one attached hydrogen (secondary N) is 2. The van der Waals surface area contributed by atoms with E-state index in [0.717, 1.165) is 21.6 Å². The molecule has 74 valence electrons. The lowest BCUT2D eigenvalue weighted by atomic mass is 10.2. The second-order valence-electron chi connectivity index (χ2n) is 3.18. The molecule has 0 saturated carbocycles. The Labute approximate surface area is 88.6 Å². The van der Waals surface area contributed by atoms with Crippen LogP contribution in [0, 0.1) is 0 Å². The van der Waals surface area contributed by atoms with E-state index < -0.39 is 0 Å². The Hall–Kier alpha value is -1.88. The molecular weight excluding hydrogens is 210 g/mol. The van der Waals surface area contributed by atoms with Crippen molar-refractivity contribution in [2.75, 3.05) is 0 Å². The first-order chi connectivity index (χ1) is 7.33. The summed E-state index contributed by atoms with van der Waals surface area (Å²) in [6.45, 7) is 0. The molecule has 3 rings (SSSR count). The smallest absolute Gasteiger partial charge is 0.306 e. The maximum atomic E-state index is 11.1. The molecule has 2 heterocycles. The minimum absolute atomic E-state index is 0.179. The van der Waals surface area contributed by atoms with Gasteiger partial charge in [-0.2, -0.15) is 0 Å². The van der Waals surface area contributed by atoms with E-state index in [4.69, 9.17) is 0 Å². The largest absolute Gasteiger partial charge is 0.323 e. The first kappa shape index (κ1) is 8.43. The molecule has 2 N–H and O–H groups in total. The molecule has 0 bridgehead atoms. The van der Waals surface area contributed by atoms with Gasteiger partial charge in [0, 0.05) is 17.1 Å². The molecule has 0 amide bonds. The highest BCUT2D eigenvalue weighted by atomic mass is 32.1. The van der Waals surface area contributed by atoms with Crippen LogP contribution in [-0.4, -0.2) is 15.0 Å². The zero-order chi connectivity index (χ0) is 10.3. The fourth-order valence-electron chi connectivity index (χ4n) is 1.53. The van der Waals surface area contributed by atoms with Crippen LogP contribution in [0.4, 0.5) is 0 Å². The summed E-state index contributed by atoms with van der Waals surface area (Å²) in [5.74, 6) is 0. The number of hydrogen-bond donors (Lipinski definition) is 2. The second kappa shape index (κ2) is 3.06. The minimum atomic E-state index is -0.179. The van der Waals surface area contributed by atoms with Crippen molar-refractivity contribution in [1.82, 2.24) is 15.0 Å². The molecule has 0 aliphatic rings. The van der Waals surface area contributed by atoms with Crippen molar-refractivity contribution >= 4 is 22.4 Å². The predicted octanol–water partition coefficient (Wildman–Crippen LogP) is 1.98. The molecule has 0 unspecified atom stereocenters. The Balaban J connectivity index is 2.26. The van der Waals surface area contributed by atoms with Crippen molar-refractivity contribution in [2.45, 2.75) is 0 Å². The summed E-state index contributed by atoms with van der Waals surface area (Å²) >= 11 is 1.58. The third-order valence-corrected chi connectivity index (χ3v) is 3.02. The maximum absolute atomic E-state index is 11.1. The summed E-state index contributed by atoms with van der Waals surface area (Å²) in [4.78, 5) is 20.7. The van der Waals surface area contributed by atoms with E-state index in [0.29, 0.717) is 0 Å². The third kappa shape index (κ3) is 1.37. The van der Waals surface area contributed by atoms with E-state index in [-0.39, 0.29) is 5.69 Å². The number of aromatic nitrogens is 3. The summed E-state index contributed by atoms with van der Waals surface area (Å²) < 4.78 is 0. The molecule has 0 spiro atoms. The van der Waals surface area contributed by atoms with Crippen LogP contribution in [0.15, 0.2) is 34.6 Å². The lowest BCUT2D eigenvalue weighted by molar-refractivity contribution is 1.22. The van der Waals surface area contributed by atoms with Crippen molar-refractivity contribution in [3.63, 3.8) is 0 Å². The van der Waals surface area contributed by atoms with Gasteiger partial charge in [-0.25, -0.2) is 9.78 Å². The number of rotatable bonds is 1. The number of thiazole rings is 1. The Bertz CT molecular complexity index is 651. The first-order valence-corrected chi connectivity index (χ1v) is 5.33. The number of hydrogen-bond acceptors (Lipinski definition) is 3. The van der Waals surface area contributed by atoms with Crippen LogP contribution in [0.5, 0.6) is 0 Å². The maximum Gasteiger partial charge on any atom is 0.323 e. The lowest BCUT2D eigenvalue weighted by Crippen LogP contribution is -1.99. The number of fused-ring (bicyclic) bond motifs is 1. The molecule has 2 aromatic heterocycles. The van der Waals surface area contributed by atoms with Gasteiger partial charge in [0.25, 0.3) is 0 Å². The van der Waals surface area contributed by atoms with Crippen LogP contribution in [0.3, 0.4) is 0 Å². The molecule has 0 radical (unpaired) electrons. The average Bonchev–Trinajstić information content (AvgIpc) is 2.82. The Kier molecular flexibility index (Phi) is 1.72. The van der Waals surface area contributed by atoms with Crippen molar-refractivity contribution in [1.29, 1.82) is 0 Å². The Morgan fingerprint density at radius 1 is 1.20 bits per heavy atom. The predicted molar refractivity (Wildman–Crippen MR) is 60.0 cm³/mol. The van der Waals surface area contributed by atoms with E-state index >= 15 is 0 Å². The fraction of sp³-hybridized carbons (Fsp3) is 0. The van der Waals surface area contributed by atoms with Gasteiger partial charge in [-0.15, -0.1) is 11.3 Å². The van der Waals surface area contributed by atoms with E-state index in [1.54, 1.807) is 17.5 Å². The van der Waals surface area contributed by atoms with Crippen LogP contribution in [0.1, 0.15) is 0 Å². The highest BCUT2D eigenvalue weighted by Crippen LogP contribution is 2.23. The van der Waals surface area contributed by atoms with Crippen molar-refractivity contribution in [3.05, 3.63) is 40.3 Å². The molecule has 15 heavy (non-hydrogen) atoms. The van der Waals surface area contributed by atoms with Crippen LogP contribution >= 0.6 is 11.3 Å². The van der Waals surface area contributed by atoms with Gasteiger partial charge < -0.3 is 9.97 Å². The number of nitrogens with zero attached hydrogens (tertiary/aromatic N) is 1. The van der Waals surface area contributed by atoms with Crippen molar-refractivity contribution in [2.24, 2.45) is 0 Å². The molecule has 4 nitrogen and oxygen atoms in total. The first-order valence-electron chi connectivity index (χ1n) is 4.45. The topological polar surface area (TPSA) is 61.5 Å². The zero-order valence-corrected chi connectivity index (χ0v) is 8.47. The SMILES string of the molecule is O=c1[nH]c2ccc(-c3nccs3)cc2[nH]1. The molecular formula is C10H7N3OS. The summed E-state index contributed by atoms with van der Waals surface area (Å²) in [5.41, 5.74) is 2.47. The molecule has 5 heteroatoms. The van der Waals surface area contributed by atoms with Crippen molar-refractivity contribution in [3.8, 4) is 10.6 Å². The summed E-state index contributed by atoms with van der Waals surface area (Å²) in [5, 5.41) is 2.89. The van der Waals surface area contributed by atoms with Crippen molar-refractivity contribution < 1.29 is 0 Å². The van der Waals surface area contributed by atoms with Gasteiger partial charge in [0.2, 0.25) is 0 Å². The van der Waals surface area contributed by atoms with Gasteiger partial charge in [-0.05, 0) is 18.2 Å². The normalized spacial score (nSPS) is 10.9. The molecule has 0 aliphatic carbocycles. The second-order valence-corrected chi connectivity index (χ2v) is 4.07. The van der Waals surface area contributed by atoms with Gasteiger partial charge in [-0.3, -0.25) is 0 Å². The third-order valence-electron chi connectivity index (χ3n) is 2.20. The van der Waals surface area contributed by atoms with Crippen LogP contribution in [0.2, 0.25) is 0 Å². The van der Waals surface area contributed by atoms with E-state index in [2.05, 4.69) is 15.0 Å². The quantitative estimate of drug-likeness (QED) is 0.654. The van der Waals surface area contributed by atoms with Gasteiger partial charge in [0.15, 0.2) is 0 Å². The van der Waals surface area contributed by atoms with Gasteiger partial charge in [-0.1, -0.05) is 0 Å². The highest BCUT2D eigenvalue weighted by Gasteiger charge is 2.03. The number of H-pyrrole nitrogens is 2. The summed E-state index contributed by atoms with van der Waals surface area (Å²) in [7, 11) is 0. The van der Waals surface area contributed by atoms with Crippen LogP contribution in [-0.2, 0) is 0 Å². The van der Waals surface area contributed by atoms with E-state index in [1.807, 2.05) is 23.6 Å². The molecule has 0 fully saturated rings.